The Morgan fingerprint density at radius 3 is 2.74 bits per heavy atom. The normalized spacial score (nSPS) is 16.5. The number of aromatic nitrogens is 1. The second kappa shape index (κ2) is 4.97. The molecular weight excluding hydrogens is 317 g/mol. The lowest BCUT2D eigenvalue weighted by atomic mass is 9.98. The first-order valence-electron chi connectivity index (χ1n) is 7.28. The van der Waals surface area contributed by atoms with Gasteiger partial charge in [0, 0.05) is 17.5 Å². The molecule has 4 rings (SSSR count). The largest absolute Gasteiger partial charge is 0.454 e. The van der Waals surface area contributed by atoms with Crippen LogP contribution in [0.1, 0.15) is 25.2 Å². The quantitative estimate of drug-likeness (QED) is 0.678. The predicted octanol–water partition coefficient (Wildman–Crippen LogP) is 3.91. The molecule has 0 spiro atoms. The molecule has 0 atom stereocenters. The number of hydrogen-bond donors (Lipinski definition) is 0. The Labute approximate surface area is 135 Å². The summed E-state index contributed by atoms with van der Waals surface area (Å²) in [4.78, 5) is 17.0. The van der Waals surface area contributed by atoms with E-state index in [0.717, 1.165) is 22.7 Å². The lowest BCUT2D eigenvalue weighted by Crippen LogP contribution is -2.31. The zero-order chi connectivity index (χ0) is 16.2. The van der Waals surface area contributed by atoms with E-state index in [4.69, 9.17) is 9.15 Å². The van der Waals surface area contributed by atoms with E-state index in [1.165, 1.54) is 12.1 Å². The molecule has 0 saturated carbocycles. The highest BCUT2D eigenvalue weighted by Gasteiger charge is 2.31. The summed E-state index contributed by atoms with van der Waals surface area (Å²) >= 11 is 1.01. The van der Waals surface area contributed by atoms with E-state index in [-0.39, 0.29) is 21.7 Å². The van der Waals surface area contributed by atoms with Crippen LogP contribution >= 0.6 is 11.3 Å². The molecule has 6 heteroatoms. The van der Waals surface area contributed by atoms with Crippen LogP contribution in [0.3, 0.4) is 0 Å². The molecule has 1 aliphatic rings. The van der Waals surface area contributed by atoms with Gasteiger partial charge in [-0.1, -0.05) is 11.3 Å². The number of fused-ring (bicyclic) bond motifs is 3. The average Bonchev–Trinajstić information content (AvgIpc) is 2.84. The molecule has 0 saturated heterocycles. The van der Waals surface area contributed by atoms with Crippen LogP contribution in [0.15, 0.2) is 33.5 Å². The number of benzene rings is 1. The van der Waals surface area contributed by atoms with Crippen molar-refractivity contribution < 1.29 is 13.5 Å². The summed E-state index contributed by atoms with van der Waals surface area (Å²) in [6.45, 7) is 4.35. The second-order valence-corrected chi connectivity index (χ2v) is 7.18. The summed E-state index contributed by atoms with van der Waals surface area (Å²) in [6.07, 6.45) is 0.606. The molecule has 1 aliphatic heterocycles. The third-order valence-corrected chi connectivity index (χ3v) is 4.83. The van der Waals surface area contributed by atoms with E-state index in [1.807, 2.05) is 13.8 Å². The van der Waals surface area contributed by atoms with E-state index in [1.54, 1.807) is 12.1 Å². The maximum Gasteiger partial charge on any atom is 0.279 e. The van der Waals surface area contributed by atoms with Gasteiger partial charge in [-0.3, -0.25) is 4.79 Å². The van der Waals surface area contributed by atoms with Gasteiger partial charge < -0.3 is 9.15 Å². The summed E-state index contributed by atoms with van der Waals surface area (Å²) < 4.78 is 24.5. The molecule has 2 aromatic heterocycles. The number of halogens is 1. The van der Waals surface area contributed by atoms with Gasteiger partial charge in [0.05, 0.1) is 12.2 Å². The van der Waals surface area contributed by atoms with E-state index in [0.29, 0.717) is 29.1 Å². The Balaban J connectivity index is 1.91. The summed E-state index contributed by atoms with van der Waals surface area (Å²) in [6, 6.07) is 5.95. The van der Waals surface area contributed by atoms with Crippen LogP contribution in [-0.2, 0) is 17.8 Å². The maximum atomic E-state index is 13.1. The third-order valence-electron chi connectivity index (χ3n) is 3.94. The molecular formula is C17H14FNO3S. The van der Waals surface area contributed by atoms with Crippen LogP contribution in [0.4, 0.5) is 4.39 Å². The topological polar surface area (TPSA) is 52.3 Å². The molecule has 3 aromatic rings. The second-order valence-electron chi connectivity index (χ2n) is 6.22. The smallest absolute Gasteiger partial charge is 0.279 e. The molecule has 3 heterocycles. The molecule has 0 amide bonds. The van der Waals surface area contributed by atoms with Crippen molar-refractivity contribution >= 4 is 22.4 Å². The number of furan rings is 1. The average molecular weight is 331 g/mol. The number of rotatable bonds is 1. The van der Waals surface area contributed by atoms with E-state index in [9.17, 15) is 9.18 Å². The molecule has 0 N–H and O–H groups in total. The molecule has 1 aromatic carbocycles. The van der Waals surface area contributed by atoms with Gasteiger partial charge in [0.1, 0.15) is 22.1 Å². The van der Waals surface area contributed by atoms with Gasteiger partial charge in [0.2, 0.25) is 5.58 Å². The first-order chi connectivity index (χ1) is 10.9. The van der Waals surface area contributed by atoms with Gasteiger partial charge in [-0.2, -0.15) is 0 Å². The fourth-order valence-corrected chi connectivity index (χ4v) is 3.53. The van der Waals surface area contributed by atoms with Crippen LogP contribution in [0.25, 0.3) is 21.7 Å². The Kier molecular flexibility index (Phi) is 3.14. The highest BCUT2D eigenvalue weighted by molar-refractivity contribution is 7.13. The zero-order valence-electron chi connectivity index (χ0n) is 12.7. The van der Waals surface area contributed by atoms with Crippen molar-refractivity contribution in [3.05, 3.63) is 50.9 Å². The minimum absolute atomic E-state index is 0.179. The summed E-state index contributed by atoms with van der Waals surface area (Å²) in [5, 5.41) is 0.552. The summed E-state index contributed by atoms with van der Waals surface area (Å²) in [7, 11) is 0. The molecule has 0 bridgehead atoms. The van der Waals surface area contributed by atoms with Crippen molar-refractivity contribution in [1.82, 2.24) is 4.98 Å². The Morgan fingerprint density at radius 1 is 1.26 bits per heavy atom. The van der Waals surface area contributed by atoms with Crippen molar-refractivity contribution in [2.75, 3.05) is 0 Å². The van der Waals surface area contributed by atoms with Crippen molar-refractivity contribution in [3.63, 3.8) is 0 Å². The van der Waals surface area contributed by atoms with Gasteiger partial charge in [-0.05, 0) is 38.1 Å². The Hall–Kier alpha value is -2.05. The molecule has 0 radical (unpaired) electrons. The van der Waals surface area contributed by atoms with E-state index >= 15 is 0 Å². The van der Waals surface area contributed by atoms with Gasteiger partial charge in [0.25, 0.3) is 4.74 Å². The van der Waals surface area contributed by atoms with Gasteiger partial charge >= 0.3 is 0 Å². The molecule has 23 heavy (non-hydrogen) atoms. The Bertz CT molecular complexity index is 956. The molecule has 0 fully saturated rings. The highest BCUT2D eigenvalue weighted by atomic mass is 32.1. The van der Waals surface area contributed by atoms with Crippen molar-refractivity contribution in [1.29, 1.82) is 0 Å². The first-order valence-corrected chi connectivity index (χ1v) is 8.10. The minimum atomic E-state index is -0.321. The fourth-order valence-electron chi connectivity index (χ4n) is 2.73. The Morgan fingerprint density at radius 2 is 2.00 bits per heavy atom. The van der Waals surface area contributed by atoms with Gasteiger partial charge in [-0.25, -0.2) is 9.37 Å². The highest BCUT2D eigenvalue weighted by Crippen LogP contribution is 2.34. The van der Waals surface area contributed by atoms with Gasteiger partial charge in [0.15, 0.2) is 0 Å². The predicted molar refractivity (Wildman–Crippen MR) is 86.1 cm³/mol. The van der Waals surface area contributed by atoms with Crippen LogP contribution < -0.4 is 4.74 Å². The number of hydrogen-bond acceptors (Lipinski definition) is 5. The van der Waals surface area contributed by atoms with Crippen molar-refractivity contribution in [2.45, 2.75) is 32.5 Å². The lowest BCUT2D eigenvalue weighted by Gasteiger charge is -2.28. The molecule has 118 valence electrons. The molecule has 4 nitrogen and oxygen atoms in total. The summed E-state index contributed by atoms with van der Waals surface area (Å²) in [5.74, 6) is 0.447. The van der Waals surface area contributed by atoms with Crippen LogP contribution in [0.5, 0.6) is 0 Å². The third kappa shape index (κ3) is 2.48. The van der Waals surface area contributed by atoms with E-state index < -0.39 is 0 Å². The number of nitrogens with zero attached hydrogens (tertiary/aromatic N) is 1. The molecule has 0 aliphatic carbocycles. The van der Waals surface area contributed by atoms with Crippen LogP contribution in [0.2, 0.25) is 0 Å². The van der Waals surface area contributed by atoms with Crippen LogP contribution in [0, 0.1) is 5.82 Å². The lowest BCUT2D eigenvalue weighted by molar-refractivity contribution is -0.0441. The summed E-state index contributed by atoms with van der Waals surface area (Å²) in [5.41, 5.74) is 2.08. The monoisotopic (exact) mass is 331 g/mol. The standard InChI is InChI=1S/C17H14FNO3S/c1-17(2)7-12-11(8-21-17)13-14(22-12)16(20)23-15(19-13)9-3-5-10(18)6-4-9/h3-6H,7-8H2,1-2H3. The fraction of sp³-hybridized carbons (Fsp3) is 0.294. The number of ether oxygens (including phenoxy) is 1. The molecule has 0 unspecified atom stereocenters. The minimum Gasteiger partial charge on any atom is -0.454 e. The first kappa shape index (κ1) is 14.5. The SMILES string of the molecule is CC1(C)Cc2oc3c(=O)sc(-c4ccc(F)cc4)nc3c2CO1. The van der Waals surface area contributed by atoms with Gasteiger partial charge in [-0.15, -0.1) is 0 Å². The van der Waals surface area contributed by atoms with Crippen molar-refractivity contribution in [2.24, 2.45) is 0 Å². The van der Waals surface area contributed by atoms with Crippen molar-refractivity contribution in [3.8, 4) is 10.6 Å². The zero-order valence-corrected chi connectivity index (χ0v) is 13.5. The van der Waals surface area contributed by atoms with E-state index in [2.05, 4.69) is 4.98 Å². The van der Waals surface area contributed by atoms with Crippen LogP contribution in [-0.4, -0.2) is 10.6 Å². The maximum absolute atomic E-state index is 13.1.